The van der Waals surface area contributed by atoms with Crippen LogP contribution in [0, 0.1) is 6.92 Å². The Hall–Kier alpha value is -3.19. The lowest BCUT2D eigenvalue weighted by Crippen LogP contribution is -2.43. The number of anilines is 1. The minimum atomic E-state index is -0.0190. The second-order valence-corrected chi connectivity index (χ2v) is 8.15. The summed E-state index contributed by atoms with van der Waals surface area (Å²) in [5.41, 5.74) is 4.27. The molecule has 2 saturated heterocycles. The van der Waals surface area contributed by atoms with E-state index in [0.717, 1.165) is 30.9 Å². The monoisotopic (exact) mass is 403 g/mol. The Bertz CT molecular complexity index is 1170. The van der Waals surface area contributed by atoms with Crippen LogP contribution in [-0.2, 0) is 4.79 Å². The molecule has 5 rings (SSSR count). The molecule has 2 bridgehead atoms. The van der Waals surface area contributed by atoms with Gasteiger partial charge in [0.2, 0.25) is 0 Å². The van der Waals surface area contributed by atoms with Gasteiger partial charge in [-0.05, 0) is 31.6 Å². The van der Waals surface area contributed by atoms with Gasteiger partial charge in [-0.2, -0.15) is 0 Å². The number of imidazole rings is 1. The van der Waals surface area contributed by atoms with Crippen molar-refractivity contribution in [2.75, 3.05) is 18.0 Å². The molecule has 0 spiro atoms. The Kier molecular flexibility index (Phi) is 4.55. The predicted octanol–water partition coefficient (Wildman–Crippen LogP) is 2.81. The molecule has 2 N–H and O–H groups in total. The molecule has 3 aromatic rings. The summed E-state index contributed by atoms with van der Waals surface area (Å²) in [4.78, 5) is 23.9. The van der Waals surface area contributed by atoms with E-state index in [1.807, 2.05) is 42.8 Å². The average molecular weight is 403 g/mol. The molecule has 154 valence electrons. The molecule has 2 unspecified atom stereocenters. The summed E-state index contributed by atoms with van der Waals surface area (Å²) in [6.07, 6.45) is 8.66. The summed E-state index contributed by atoms with van der Waals surface area (Å²) in [7, 11) is 0. The largest absolute Gasteiger partial charge is 0.507 e. The predicted molar refractivity (Wildman–Crippen MR) is 117 cm³/mol. The second kappa shape index (κ2) is 7.25. The second-order valence-electron chi connectivity index (χ2n) is 8.15. The fourth-order valence-electron chi connectivity index (χ4n) is 4.48. The minimum absolute atomic E-state index is 0.0190. The number of nitrogens with zero attached hydrogens (tertiary/aromatic N) is 4. The molecule has 0 amide bonds. The first-order valence-electron chi connectivity index (χ1n) is 10.4. The fourth-order valence-corrected chi connectivity index (χ4v) is 4.48. The molecule has 1 aromatic carbocycles. The highest BCUT2D eigenvalue weighted by atomic mass is 16.3. The van der Waals surface area contributed by atoms with E-state index < -0.39 is 0 Å². The third-order valence-corrected chi connectivity index (χ3v) is 6.07. The average Bonchev–Trinajstić information content (AvgIpc) is 3.47. The number of benzene rings is 1. The van der Waals surface area contributed by atoms with Crippen LogP contribution in [0.5, 0.6) is 5.75 Å². The number of carbonyl (C=O) groups excluding carboxylic acids is 1. The number of aromatic hydroxyl groups is 1. The van der Waals surface area contributed by atoms with Gasteiger partial charge >= 0.3 is 0 Å². The molecule has 0 aliphatic carbocycles. The van der Waals surface area contributed by atoms with Gasteiger partial charge < -0.3 is 19.7 Å². The maximum atomic E-state index is 12.7. The Morgan fingerprint density at radius 2 is 2.23 bits per heavy atom. The van der Waals surface area contributed by atoms with Crippen molar-refractivity contribution in [3.63, 3.8) is 0 Å². The van der Waals surface area contributed by atoms with Gasteiger partial charge in [-0.3, -0.25) is 9.78 Å². The number of nitrogens with one attached hydrogen (secondary N) is 1. The van der Waals surface area contributed by atoms with Crippen LogP contribution in [0.15, 0.2) is 36.8 Å². The topological polar surface area (TPSA) is 82.8 Å². The van der Waals surface area contributed by atoms with Crippen molar-refractivity contribution in [3.8, 4) is 5.75 Å². The first-order valence-corrected chi connectivity index (χ1v) is 10.4. The number of phenols is 1. The number of aryl methyl sites for hydroxylation is 1. The van der Waals surface area contributed by atoms with Crippen molar-refractivity contribution in [1.82, 2.24) is 19.7 Å². The molecule has 2 aromatic heterocycles. The van der Waals surface area contributed by atoms with Gasteiger partial charge in [-0.25, -0.2) is 4.98 Å². The molecule has 2 fully saturated rings. The third kappa shape index (κ3) is 3.25. The van der Waals surface area contributed by atoms with E-state index in [1.165, 1.54) is 0 Å². The van der Waals surface area contributed by atoms with Crippen molar-refractivity contribution in [2.45, 2.75) is 38.8 Å². The van der Waals surface area contributed by atoms with Crippen LogP contribution in [0.3, 0.4) is 0 Å². The van der Waals surface area contributed by atoms with Crippen LogP contribution in [0.25, 0.3) is 17.3 Å². The number of piperazine rings is 1. The van der Waals surface area contributed by atoms with E-state index in [9.17, 15) is 9.90 Å². The highest BCUT2D eigenvalue weighted by Gasteiger charge is 2.37. The molecule has 0 radical (unpaired) electrons. The van der Waals surface area contributed by atoms with E-state index in [1.54, 1.807) is 18.3 Å². The lowest BCUT2D eigenvalue weighted by atomic mass is 10.0. The molecule has 2 atom stereocenters. The van der Waals surface area contributed by atoms with Crippen LogP contribution < -0.4 is 10.2 Å². The lowest BCUT2D eigenvalue weighted by Gasteiger charge is -2.29. The third-order valence-electron chi connectivity index (χ3n) is 6.07. The van der Waals surface area contributed by atoms with Crippen molar-refractivity contribution >= 4 is 28.8 Å². The van der Waals surface area contributed by atoms with Gasteiger partial charge in [0.05, 0.1) is 17.6 Å². The van der Waals surface area contributed by atoms with Crippen LogP contribution in [0.1, 0.15) is 36.7 Å². The Morgan fingerprint density at radius 3 is 2.93 bits per heavy atom. The molecular weight excluding hydrogens is 378 g/mol. The van der Waals surface area contributed by atoms with Crippen LogP contribution in [0.2, 0.25) is 0 Å². The standard InChI is InChI=1S/C23H25N5O2/c1-3-21(29)19(20-13-27-11-14(2)24-10-23(27)26-20)6-15-4-5-17(8-22(15)30)28-12-16-7-18(28)9-25-16/h4-6,8,10-11,13,16,18,25,30H,3,7,9,12H2,1-2H3. The molecule has 30 heavy (non-hydrogen) atoms. The zero-order chi connectivity index (χ0) is 20.8. The molecule has 4 heterocycles. The van der Waals surface area contributed by atoms with E-state index in [0.29, 0.717) is 41.0 Å². The van der Waals surface area contributed by atoms with Gasteiger partial charge in [0.25, 0.3) is 0 Å². The Labute approximate surface area is 175 Å². The number of Topliss-reactive ketones (excluding diaryl/α,β-unsaturated/α-hetero) is 1. The summed E-state index contributed by atoms with van der Waals surface area (Å²) >= 11 is 0. The molecule has 2 aliphatic rings. The SMILES string of the molecule is CCC(=O)C(=Cc1ccc(N2CC3CC2CN3)cc1O)c1cn2cc(C)ncc2n1. The summed E-state index contributed by atoms with van der Waals surface area (Å²) < 4.78 is 1.87. The molecule has 7 heteroatoms. The van der Waals surface area contributed by atoms with E-state index in [-0.39, 0.29) is 11.5 Å². The number of fused-ring (bicyclic) bond motifs is 3. The van der Waals surface area contributed by atoms with Crippen LogP contribution in [-0.4, -0.2) is 50.4 Å². The number of hydrogen-bond acceptors (Lipinski definition) is 6. The van der Waals surface area contributed by atoms with E-state index in [2.05, 4.69) is 20.2 Å². The Balaban J connectivity index is 1.51. The van der Waals surface area contributed by atoms with Gasteiger partial charge in [-0.1, -0.05) is 6.92 Å². The number of carbonyl (C=O) groups is 1. The summed E-state index contributed by atoms with van der Waals surface area (Å²) in [6.45, 7) is 5.70. The summed E-state index contributed by atoms with van der Waals surface area (Å²) in [6, 6.07) is 6.74. The van der Waals surface area contributed by atoms with Crippen molar-refractivity contribution < 1.29 is 9.90 Å². The van der Waals surface area contributed by atoms with Gasteiger partial charge in [0.1, 0.15) is 5.75 Å². The van der Waals surface area contributed by atoms with Crippen LogP contribution >= 0.6 is 0 Å². The minimum Gasteiger partial charge on any atom is -0.507 e. The maximum absolute atomic E-state index is 12.7. The lowest BCUT2D eigenvalue weighted by molar-refractivity contribution is -0.113. The molecular formula is C23H25N5O2. The number of ketones is 1. The van der Waals surface area contributed by atoms with Gasteiger partial charge in [0.15, 0.2) is 11.4 Å². The number of hydrogen-bond donors (Lipinski definition) is 2. The smallest absolute Gasteiger partial charge is 0.164 e. The van der Waals surface area contributed by atoms with E-state index in [4.69, 9.17) is 0 Å². The van der Waals surface area contributed by atoms with E-state index >= 15 is 0 Å². The van der Waals surface area contributed by atoms with Gasteiger partial charge in [0, 0.05) is 66.9 Å². The highest BCUT2D eigenvalue weighted by Crippen LogP contribution is 2.34. The summed E-state index contributed by atoms with van der Waals surface area (Å²) in [5, 5.41) is 14.2. The number of phenolic OH excluding ortho intramolecular Hbond substituents is 1. The quantitative estimate of drug-likeness (QED) is 0.638. The first kappa shape index (κ1) is 18.8. The molecule has 2 aliphatic heterocycles. The zero-order valence-corrected chi connectivity index (χ0v) is 17.2. The number of allylic oxidation sites excluding steroid dienone is 1. The van der Waals surface area contributed by atoms with Crippen molar-refractivity contribution in [1.29, 1.82) is 0 Å². The molecule has 0 saturated carbocycles. The number of aromatic nitrogens is 3. The maximum Gasteiger partial charge on any atom is 0.164 e. The zero-order valence-electron chi connectivity index (χ0n) is 17.2. The van der Waals surface area contributed by atoms with Crippen LogP contribution in [0.4, 0.5) is 5.69 Å². The number of rotatable bonds is 5. The van der Waals surface area contributed by atoms with Crippen molar-refractivity contribution in [2.24, 2.45) is 0 Å². The summed E-state index contributed by atoms with van der Waals surface area (Å²) in [5.74, 6) is 0.153. The fraction of sp³-hybridized carbons (Fsp3) is 0.348. The highest BCUT2D eigenvalue weighted by molar-refractivity contribution is 6.24. The Morgan fingerprint density at radius 1 is 1.37 bits per heavy atom. The molecule has 7 nitrogen and oxygen atoms in total. The van der Waals surface area contributed by atoms with Gasteiger partial charge in [-0.15, -0.1) is 0 Å². The normalized spacial score (nSPS) is 21.0. The van der Waals surface area contributed by atoms with Crippen molar-refractivity contribution in [3.05, 3.63) is 53.7 Å². The first-order chi connectivity index (χ1) is 14.5.